The number of nitrogens with one attached hydrogen (secondary N) is 2. The number of carbonyl (C=O) groups is 2. The van der Waals surface area contributed by atoms with Crippen LogP contribution in [0.1, 0.15) is 33.1 Å². The highest BCUT2D eigenvalue weighted by atomic mass is 19.4. The van der Waals surface area contributed by atoms with Crippen molar-refractivity contribution < 1.29 is 22.8 Å². The van der Waals surface area contributed by atoms with Crippen LogP contribution in [0, 0.1) is 0 Å². The predicted octanol–water partition coefficient (Wildman–Crippen LogP) is 5.37. The van der Waals surface area contributed by atoms with Gasteiger partial charge in [0.05, 0.1) is 11.6 Å². The van der Waals surface area contributed by atoms with Gasteiger partial charge in [-0.1, -0.05) is 42.5 Å². The van der Waals surface area contributed by atoms with E-state index < -0.39 is 23.7 Å². The summed E-state index contributed by atoms with van der Waals surface area (Å²) in [7, 11) is 0. The molecule has 2 amide bonds. The van der Waals surface area contributed by atoms with Gasteiger partial charge in [-0.25, -0.2) is 0 Å². The Morgan fingerprint density at radius 2 is 1.73 bits per heavy atom. The van der Waals surface area contributed by atoms with Gasteiger partial charge in [-0.15, -0.1) is 0 Å². The molecule has 4 aromatic rings. The second-order valence-corrected chi connectivity index (χ2v) is 7.84. The van der Waals surface area contributed by atoms with Crippen LogP contribution in [0.4, 0.5) is 18.9 Å². The third-order valence-corrected chi connectivity index (χ3v) is 5.76. The van der Waals surface area contributed by atoms with Gasteiger partial charge < -0.3 is 15.2 Å². The zero-order valence-electron chi connectivity index (χ0n) is 17.2. The van der Waals surface area contributed by atoms with Crippen molar-refractivity contribution in [1.29, 1.82) is 0 Å². The number of halogens is 3. The molecule has 5 nitrogen and oxygen atoms in total. The molecule has 3 aromatic carbocycles. The molecule has 5 rings (SSSR count). The van der Waals surface area contributed by atoms with Crippen LogP contribution in [-0.4, -0.2) is 28.2 Å². The van der Waals surface area contributed by atoms with E-state index in [0.717, 1.165) is 34.2 Å². The first kappa shape index (κ1) is 20.8. The largest absolute Gasteiger partial charge is 0.416 e. The topological polar surface area (TPSA) is 65.2 Å². The zero-order valence-corrected chi connectivity index (χ0v) is 17.2. The third-order valence-electron chi connectivity index (χ3n) is 5.76. The van der Waals surface area contributed by atoms with Crippen molar-refractivity contribution in [3.63, 3.8) is 0 Å². The fourth-order valence-corrected chi connectivity index (χ4v) is 4.32. The van der Waals surface area contributed by atoms with Gasteiger partial charge in [0.15, 0.2) is 0 Å². The molecule has 166 valence electrons. The third kappa shape index (κ3) is 3.73. The Balaban J connectivity index is 1.47. The van der Waals surface area contributed by atoms with Crippen molar-refractivity contribution in [2.75, 3.05) is 11.9 Å². The average Bonchev–Trinajstić information content (AvgIpc) is 3.33. The van der Waals surface area contributed by atoms with Crippen LogP contribution in [0.25, 0.3) is 10.9 Å². The smallest absolute Gasteiger partial charge is 0.361 e. The summed E-state index contributed by atoms with van der Waals surface area (Å²) in [5, 5.41) is 3.42. The first-order chi connectivity index (χ1) is 15.8. The number of aromatic amines is 1. The Bertz CT molecular complexity index is 1380. The number of hydrogen-bond donors (Lipinski definition) is 2. The highest BCUT2D eigenvalue weighted by molar-refractivity contribution is 6.04. The van der Waals surface area contributed by atoms with Gasteiger partial charge in [0, 0.05) is 33.9 Å². The van der Waals surface area contributed by atoms with Crippen molar-refractivity contribution in [2.24, 2.45) is 0 Å². The number of amides is 2. The van der Waals surface area contributed by atoms with Crippen molar-refractivity contribution in [3.05, 3.63) is 101 Å². The van der Waals surface area contributed by atoms with E-state index >= 15 is 0 Å². The molecule has 1 aliphatic heterocycles. The lowest BCUT2D eigenvalue weighted by Crippen LogP contribution is -2.36. The van der Waals surface area contributed by atoms with E-state index in [1.807, 2.05) is 42.6 Å². The Kier molecular flexibility index (Phi) is 4.92. The lowest BCUT2D eigenvalue weighted by atomic mass is 9.97. The molecule has 0 spiro atoms. The Hall–Kier alpha value is -4.07. The van der Waals surface area contributed by atoms with Crippen LogP contribution in [-0.2, 0) is 11.0 Å². The van der Waals surface area contributed by atoms with E-state index in [4.69, 9.17) is 0 Å². The molecule has 0 aliphatic carbocycles. The van der Waals surface area contributed by atoms with Crippen molar-refractivity contribution in [1.82, 2.24) is 9.88 Å². The number of para-hydroxylation sites is 1. The highest BCUT2D eigenvalue weighted by Crippen LogP contribution is 2.41. The average molecular weight is 449 g/mol. The second-order valence-electron chi connectivity index (χ2n) is 7.84. The SMILES string of the molecule is O=C(CN1C(=O)c2ccccc2[C@H]1c1c[nH]c2ccccc12)Nc1cccc(C(F)(F)F)c1. The minimum absolute atomic E-state index is 0.0163. The standard InChI is InChI=1S/C25H18F3N3O2/c26-25(27,28)15-6-5-7-16(12-15)30-22(32)14-31-23(18-9-1-2-10-19(18)24(31)33)20-13-29-21-11-4-3-8-17(20)21/h1-13,23,29H,14H2,(H,30,32)/t23-/m0/s1. The molecule has 8 heteroatoms. The molecule has 0 bridgehead atoms. The van der Waals surface area contributed by atoms with E-state index in [0.29, 0.717) is 5.56 Å². The summed E-state index contributed by atoms with van der Waals surface area (Å²) in [6.07, 6.45) is -2.70. The number of aromatic nitrogens is 1. The first-order valence-corrected chi connectivity index (χ1v) is 10.3. The minimum atomic E-state index is -4.52. The molecule has 0 saturated heterocycles. The van der Waals surface area contributed by atoms with E-state index in [2.05, 4.69) is 10.3 Å². The summed E-state index contributed by atoms with van der Waals surface area (Å²) in [6, 6.07) is 18.7. The summed E-state index contributed by atoms with van der Waals surface area (Å²) in [4.78, 5) is 30.7. The molecule has 0 radical (unpaired) electrons. The molecule has 0 fully saturated rings. The van der Waals surface area contributed by atoms with Gasteiger partial charge in [0.25, 0.3) is 5.91 Å². The number of carbonyl (C=O) groups excluding carboxylic acids is 2. The molecule has 0 unspecified atom stereocenters. The van der Waals surface area contributed by atoms with E-state index in [-0.39, 0.29) is 18.1 Å². The predicted molar refractivity (Wildman–Crippen MR) is 118 cm³/mol. The van der Waals surface area contributed by atoms with Crippen LogP contribution in [0.15, 0.2) is 79.0 Å². The number of nitrogens with zero attached hydrogens (tertiary/aromatic N) is 1. The summed E-state index contributed by atoms with van der Waals surface area (Å²) in [5.74, 6) is -0.889. The summed E-state index contributed by atoms with van der Waals surface area (Å²) in [5.41, 5.74) is 2.18. The number of benzene rings is 3. The fourth-order valence-electron chi connectivity index (χ4n) is 4.32. The summed E-state index contributed by atoms with van der Waals surface area (Å²) < 4.78 is 39.0. The second kappa shape index (κ2) is 7.81. The van der Waals surface area contributed by atoms with Gasteiger partial charge in [0.1, 0.15) is 6.54 Å². The molecule has 1 atom stereocenters. The molecule has 1 aromatic heterocycles. The minimum Gasteiger partial charge on any atom is -0.361 e. The number of hydrogen-bond acceptors (Lipinski definition) is 2. The Morgan fingerprint density at radius 1 is 0.970 bits per heavy atom. The van der Waals surface area contributed by atoms with Crippen LogP contribution in [0.2, 0.25) is 0 Å². The molecule has 2 N–H and O–H groups in total. The van der Waals surface area contributed by atoms with E-state index in [1.54, 1.807) is 12.1 Å². The van der Waals surface area contributed by atoms with Crippen molar-refractivity contribution >= 4 is 28.4 Å². The van der Waals surface area contributed by atoms with Gasteiger partial charge in [-0.05, 0) is 35.9 Å². The van der Waals surface area contributed by atoms with Crippen LogP contribution in [0.5, 0.6) is 0 Å². The monoisotopic (exact) mass is 449 g/mol. The Morgan fingerprint density at radius 3 is 2.55 bits per heavy atom. The van der Waals surface area contributed by atoms with E-state index in [1.165, 1.54) is 17.0 Å². The zero-order chi connectivity index (χ0) is 23.2. The van der Waals surface area contributed by atoms with Gasteiger partial charge in [0.2, 0.25) is 5.91 Å². The van der Waals surface area contributed by atoms with Gasteiger partial charge in [-0.3, -0.25) is 9.59 Å². The summed E-state index contributed by atoms with van der Waals surface area (Å²) >= 11 is 0. The molecular formula is C25H18F3N3O2. The van der Waals surface area contributed by atoms with Gasteiger partial charge in [-0.2, -0.15) is 13.2 Å². The van der Waals surface area contributed by atoms with Crippen LogP contribution >= 0.6 is 0 Å². The van der Waals surface area contributed by atoms with Crippen LogP contribution < -0.4 is 5.32 Å². The molecular weight excluding hydrogens is 431 g/mol. The Labute approximate surface area is 186 Å². The molecule has 0 saturated carbocycles. The van der Waals surface area contributed by atoms with Crippen LogP contribution in [0.3, 0.4) is 0 Å². The summed E-state index contributed by atoms with van der Waals surface area (Å²) in [6.45, 7) is -0.312. The fraction of sp³-hybridized carbons (Fsp3) is 0.120. The number of anilines is 1. The first-order valence-electron chi connectivity index (χ1n) is 10.3. The lowest BCUT2D eigenvalue weighted by Gasteiger charge is -2.25. The van der Waals surface area contributed by atoms with Crippen molar-refractivity contribution in [2.45, 2.75) is 12.2 Å². The maximum atomic E-state index is 13.2. The maximum absolute atomic E-state index is 13.2. The number of alkyl halides is 3. The van der Waals surface area contributed by atoms with Gasteiger partial charge >= 0.3 is 6.18 Å². The molecule has 33 heavy (non-hydrogen) atoms. The van der Waals surface area contributed by atoms with Crippen molar-refractivity contribution in [3.8, 4) is 0 Å². The number of rotatable bonds is 4. The lowest BCUT2D eigenvalue weighted by molar-refractivity contribution is -0.137. The number of fused-ring (bicyclic) bond motifs is 2. The molecule has 1 aliphatic rings. The molecule has 2 heterocycles. The highest BCUT2D eigenvalue weighted by Gasteiger charge is 2.39. The quantitative estimate of drug-likeness (QED) is 0.440. The number of H-pyrrole nitrogens is 1. The normalized spacial score (nSPS) is 15.7. The van der Waals surface area contributed by atoms with E-state index in [9.17, 15) is 22.8 Å². The maximum Gasteiger partial charge on any atom is 0.416 e.